The summed E-state index contributed by atoms with van der Waals surface area (Å²) in [6.45, 7) is 2.91. The fourth-order valence-electron chi connectivity index (χ4n) is 2.13. The van der Waals surface area contributed by atoms with Crippen LogP contribution >= 0.6 is 0 Å². The van der Waals surface area contributed by atoms with Gasteiger partial charge in [0.2, 0.25) is 5.91 Å². The van der Waals surface area contributed by atoms with Crippen LogP contribution in [0.3, 0.4) is 0 Å². The molecule has 1 saturated heterocycles. The van der Waals surface area contributed by atoms with Crippen molar-refractivity contribution < 1.29 is 9.53 Å². The minimum Gasteiger partial charge on any atom is -0.380 e. The molecule has 2 N–H and O–H groups in total. The molecule has 1 aliphatic heterocycles. The van der Waals surface area contributed by atoms with Gasteiger partial charge in [-0.3, -0.25) is 4.79 Å². The number of benzene rings is 1. The number of nitrogens with one attached hydrogen (secondary N) is 2. The number of carbonyl (C=O) groups excluding carboxylic acids is 1. The van der Waals surface area contributed by atoms with E-state index in [0.29, 0.717) is 12.5 Å². The third-order valence-electron chi connectivity index (χ3n) is 3.33. The molecule has 0 spiro atoms. The van der Waals surface area contributed by atoms with Gasteiger partial charge < -0.3 is 15.4 Å². The van der Waals surface area contributed by atoms with Crippen molar-refractivity contribution in [1.82, 2.24) is 5.32 Å². The van der Waals surface area contributed by atoms with Gasteiger partial charge in [0.05, 0.1) is 18.6 Å². The zero-order valence-electron chi connectivity index (χ0n) is 10.9. The van der Waals surface area contributed by atoms with Crippen LogP contribution in [0.5, 0.6) is 0 Å². The number of amides is 1. The van der Waals surface area contributed by atoms with Gasteiger partial charge in [0, 0.05) is 19.3 Å². The highest BCUT2D eigenvalue weighted by Crippen LogP contribution is 2.19. The van der Waals surface area contributed by atoms with Crippen LogP contribution in [-0.4, -0.2) is 31.7 Å². The molecule has 4 nitrogen and oxygen atoms in total. The smallest absolute Gasteiger partial charge is 0.224 e. The molecule has 0 radical (unpaired) electrons. The molecule has 1 heterocycles. The average Bonchev–Trinajstić information content (AvgIpc) is 2.77. The molecule has 1 aromatic carbocycles. The van der Waals surface area contributed by atoms with E-state index in [0.717, 1.165) is 24.3 Å². The first-order valence-electron chi connectivity index (χ1n) is 6.36. The normalized spacial score (nSPS) is 22.8. The summed E-state index contributed by atoms with van der Waals surface area (Å²) >= 11 is 0. The monoisotopic (exact) mass is 248 g/mol. The van der Waals surface area contributed by atoms with E-state index in [2.05, 4.69) is 17.6 Å². The van der Waals surface area contributed by atoms with E-state index < -0.39 is 0 Å². The minimum atomic E-state index is 0.0357. The molecule has 1 fully saturated rings. The summed E-state index contributed by atoms with van der Waals surface area (Å²) in [5.74, 6) is 0.0357. The number of hydrogen-bond acceptors (Lipinski definition) is 3. The molecular formula is C14H20N2O2. The Morgan fingerprint density at radius 2 is 2.11 bits per heavy atom. The van der Waals surface area contributed by atoms with Gasteiger partial charge in [-0.25, -0.2) is 0 Å². The summed E-state index contributed by atoms with van der Waals surface area (Å²) in [7, 11) is 1.65. The van der Waals surface area contributed by atoms with Crippen molar-refractivity contribution in [3.63, 3.8) is 0 Å². The Balaban J connectivity index is 1.93. The van der Waals surface area contributed by atoms with Gasteiger partial charge in [0.15, 0.2) is 0 Å². The molecule has 0 aromatic heterocycles. The summed E-state index contributed by atoms with van der Waals surface area (Å²) in [5, 5.41) is 6.08. The van der Waals surface area contributed by atoms with Gasteiger partial charge in [0.25, 0.3) is 0 Å². The predicted octanol–water partition coefficient (Wildman–Crippen LogP) is 1.56. The lowest BCUT2D eigenvalue weighted by atomic mass is 10.1. The van der Waals surface area contributed by atoms with Gasteiger partial charge >= 0.3 is 0 Å². The Morgan fingerprint density at radius 1 is 1.39 bits per heavy atom. The van der Waals surface area contributed by atoms with Crippen molar-refractivity contribution >= 4 is 11.6 Å². The van der Waals surface area contributed by atoms with Gasteiger partial charge in [0.1, 0.15) is 0 Å². The maximum atomic E-state index is 11.2. The second-order valence-electron chi connectivity index (χ2n) is 4.66. The van der Waals surface area contributed by atoms with Gasteiger partial charge in [-0.05, 0) is 31.0 Å². The standard InChI is InChI=1S/C14H20N2O2/c1-10-13(7-8-18-10)16-12-5-3-11(4-6-12)9-14(17)15-2/h3-6,10,13,16H,7-9H2,1-2H3,(H,15,17). The minimum absolute atomic E-state index is 0.0357. The van der Waals surface area contributed by atoms with Gasteiger partial charge in [-0.2, -0.15) is 0 Å². The van der Waals surface area contributed by atoms with Crippen LogP contribution in [-0.2, 0) is 16.0 Å². The van der Waals surface area contributed by atoms with Crippen molar-refractivity contribution in [2.75, 3.05) is 19.0 Å². The Kier molecular flexibility index (Phi) is 4.20. The number of anilines is 1. The van der Waals surface area contributed by atoms with Crippen molar-refractivity contribution in [2.24, 2.45) is 0 Å². The summed E-state index contributed by atoms with van der Waals surface area (Å²) in [5.41, 5.74) is 2.11. The van der Waals surface area contributed by atoms with Crippen LogP contribution in [0.25, 0.3) is 0 Å². The molecule has 1 aliphatic rings. The average molecular weight is 248 g/mol. The number of carbonyl (C=O) groups is 1. The van der Waals surface area contributed by atoms with E-state index in [-0.39, 0.29) is 12.0 Å². The first-order valence-corrected chi connectivity index (χ1v) is 6.36. The summed E-state index contributed by atoms with van der Waals surface area (Å²) in [6, 6.07) is 8.39. The first-order chi connectivity index (χ1) is 8.69. The molecule has 2 rings (SSSR count). The number of ether oxygens (including phenoxy) is 1. The Hall–Kier alpha value is -1.55. The molecular weight excluding hydrogens is 228 g/mol. The Bertz CT molecular complexity index is 403. The van der Waals surface area contributed by atoms with Crippen molar-refractivity contribution in [1.29, 1.82) is 0 Å². The second kappa shape index (κ2) is 5.87. The van der Waals surface area contributed by atoms with Gasteiger partial charge in [-0.15, -0.1) is 0 Å². The quantitative estimate of drug-likeness (QED) is 0.850. The molecule has 0 aliphatic carbocycles. The zero-order valence-corrected chi connectivity index (χ0v) is 10.9. The molecule has 2 atom stereocenters. The van der Waals surface area contributed by atoms with Crippen molar-refractivity contribution in [3.8, 4) is 0 Å². The summed E-state index contributed by atoms with van der Waals surface area (Å²) in [4.78, 5) is 11.2. The molecule has 98 valence electrons. The SMILES string of the molecule is CNC(=O)Cc1ccc(NC2CCOC2C)cc1. The van der Waals surface area contributed by atoms with E-state index >= 15 is 0 Å². The largest absolute Gasteiger partial charge is 0.380 e. The summed E-state index contributed by atoms with van der Waals surface area (Å²) in [6.07, 6.45) is 1.73. The lowest BCUT2D eigenvalue weighted by molar-refractivity contribution is -0.119. The fraction of sp³-hybridized carbons (Fsp3) is 0.500. The molecule has 4 heteroatoms. The van der Waals surface area contributed by atoms with Crippen LogP contribution in [0.1, 0.15) is 18.9 Å². The third-order valence-corrected chi connectivity index (χ3v) is 3.33. The number of likely N-dealkylation sites (N-methyl/N-ethyl adjacent to an activating group) is 1. The number of hydrogen-bond donors (Lipinski definition) is 2. The highest BCUT2D eigenvalue weighted by molar-refractivity contribution is 5.78. The first kappa shape index (κ1) is 12.9. The van der Waals surface area contributed by atoms with E-state index in [4.69, 9.17) is 4.74 Å². The Labute approximate surface area is 108 Å². The van der Waals surface area contributed by atoms with E-state index in [1.807, 2.05) is 24.3 Å². The highest BCUT2D eigenvalue weighted by atomic mass is 16.5. The van der Waals surface area contributed by atoms with Crippen molar-refractivity contribution in [3.05, 3.63) is 29.8 Å². The molecule has 2 unspecified atom stereocenters. The van der Waals surface area contributed by atoms with Crippen LogP contribution in [0, 0.1) is 0 Å². The van der Waals surface area contributed by atoms with Crippen LogP contribution in [0.15, 0.2) is 24.3 Å². The maximum absolute atomic E-state index is 11.2. The number of rotatable bonds is 4. The van der Waals surface area contributed by atoms with Crippen LogP contribution in [0.2, 0.25) is 0 Å². The molecule has 1 aromatic rings. The van der Waals surface area contributed by atoms with E-state index in [9.17, 15) is 4.79 Å². The molecule has 1 amide bonds. The molecule has 0 saturated carbocycles. The lowest BCUT2D eigenvalue weighted by Gasteiger charge is -2.17. The molecule has 18 heavy (non-hydrogen) atoms. The highest BCUT2D eigenvalue weighted by Gasteiger charge is 2.23. The molecule has 0 bridgehead atoms. The van der Waals surface area contributed by atoms with Crippen molar-refractivity contribution in [2.45, 2.75) is 31.9 Å². The van der Waals surface area contributed by atoms with Gasteiger partial charge in [-0.1, -0.05) is 12.1 Å². The van der Waals surface area contributed by atoms with E-state index in [1.54, 1.807) is 7.05 Å². The maximum Gasteiger partial charge on any atom is 0.224 e. The predicted molar refractivity (Wildman–Crippen MR) is 71.7 cm³/mol. The lowest BCUT2D eigenvalue weighted by Crippen LogP contribution is -2.26. The van der Waals surface area contributed by atoms with E-state index in [1.165, 1.54) is 0 Å². The van der Waals surface area contributed by atoms with Crippen LogP contribution in [0.4, 0.5) is 5.69 Å². The summed E-state index contributed by atoms with van der Waals surface area (Å²) < 4.78 is 5.51. The Morgan fingerprint density at radius 3 is 2.67 bits per heavy atom. The van der Waals surface area contributed by atoms with Crippen LogP contribution < -0.4 is 10.6 Å². The topological polar surface area (TPSA) is 50.4 Å². The second-order valence-corrected chi connectivity index (χ2v) is 4.66. The zero-order chi connectivity index (χ0) is 13.0. The third kappa shape index (κ3) is 3.23. The fourth-order valence-corrected chi connectivity index (χ4v) is 2.13.